The summed E-state index contributed by atoms with van der Waals surface area (Å²) in [6.07, 6.45) is 11.0. The minimum atomic E-state index is -0.893. The molecule has 26 heavy (non-hydrogen) atoms. The maximum Gasteiger partial charge on any atom is 0.285 e. The van der Waals surface area contributed by atoms with Gasteiger partial charge in [0, 0.05) is 38.8 Å². The van der Waals surface area contributed by atoms with E-state index in [-0.39, 0.29) is 5.92 Å². The van der Waals surface area contributed by atoms with Gasteiger partial charge in [-0.3, -0.25) is 0 Å². The Labute approximate surface area is 162 Å². The topological polar surface area (TPSA) is 65.7 Å². The zero-order chi connectivity index (χ0) is 19.5. The summed E-state index contributed by atoms with van der Waals surface area (Å²) >= 11 is 0. The average molecular weight is 375 g/mol. The molecule has 5 heteroatoms. The second-order valence-corrected chi connectivity index (χ2v) is 6.84. The van der Waals surface area contributed by atoms with Crippen molar-refractivity contribution in [3.63, 3.8) is 0 Å². The molecule has 158 valence electrons. The van der Waals surface area contributed by atoms with E-state index in [1.54, 1.807) is 0 Å². The summed E-state index contributed by atoms with van der Waals surface area (Å²) in [6.45, 7) is 12.6. The third-order valence-corrected chi connectivity index (χ3v) is 4.67. The van der Waals surface area contributed by atoms with Crippen molar-refractivity contribution < 1.29 is 14.2 Å². The van der Waals surface area contributed by atoms with Crippen LogP contribution in [0.25, 0.3) is 0 Å². The van der Waals surface area contributed by atoms with E-state index in [1.807, 2.05) is 20.8 Å². The number of unbranched alkanes of at least 4 members (excludes halogenated alkanes) is 5. The molecule has 0 aromatic carbocycles. The lowest BCUT2D eigenvalue weighted by Crippen LogP contribution is -2.47. The summed E-state index contributed by atoms with van der Waals surface area (Å²) in [5.74, 6) is -0.636. The highest BCUT2D eigenvalue weighted by atomic mass is 16.9. The van der Waals surface area contributed by atoms with Crippen molar-refractivity contribution >= 4 is 0 Å². The highest BCUT2D eigenvalue weighted by Gasteiger charge is 2.41. The smallest absolute Gasteiger partial charge is 0.285 e. The van der Waals surface area contributed by atoms with E-state index in [1.165, 1.54) is 38.5 Å². The SMILES string of the molecule is CCCCCCCCC(CCCNCCN)C(OCC)(OCC)OCC. The summed E-state index contributed by atoms with van der Waals surface area (Å²) in [5.41, 5.74) is 5.55. The number of ether oxygens (including phenoxy) is 3. The third-order valence-electron chi connectivity index (χ3n) is 4.67. The quantitative estimate of drug-likeness (QED) is 0.243. The summed E-state index contributed by atoms with van der Waals surface area (Å²) in [6, 6.07) is 0. The average Bonchev–Trinajstić information content (AvgIpc) is 2.63. The van der Waals surface area contributed by atoms with Crippen LogP contribution in [-0.2, 0) is 14.2 Å². The van der Waals surface area contributed by atoms with Crippen molar-refractivity contribution in [2.45, 2.75) is 91.5 Å². The molecule has 0 aliphatic rings. The molecule has 1 unspecified atom stereocenters. The maximum absolute atomic E-state index is 6.06. The maximum atomic E-state index is 6.06. The molecule has 0 rings (SSSR count). The second-order valence-electron chi connectivity index (χ2n) is 6.84. The molecule has 0 bridgehead atoms. The van der Waals surface area contributed by atoms with Crippen molar-refractivity contribution in [2.24, 2.45) is 11.7 Å². The van der Waals surface area contributed by atoms with E-state index in [2.05, 4.69) is 12.2 Å². The van der Waals surface area contributed by atoms with Gasteiger partial charge in [0.2, 0.25) is 0 Å². The van der Waals surface area contributed by atoms with Crippen molar-refractivity contribution in [2.75, 3.05) is 39.5 Å². The minimum absolute atomic E-state index is 0.258. The number of nitrogens with two attached hydrogens (primary N) is 1. The van der Waals surface area contributed by atoms with E-state index in [4.69, 9.17) is 19.9 Å². The van der Waals surface area contributed by atoms with Crippen LogP contribution in [0.15, 0.2) is 0 Å². The molecule has 0 heterocycles. The lowest BCUT2D eigenvalue weighted by molar-refractivity contribution is -0.403. The first kappa shape index (κ1) is 25.8. The van der Waals surface area contributed by atoms with Gasteiger partial charge < -0.3 is 25.3 Å². The van der Waals surface area contributed by atoms with Crippen molar-refractivity contribution in [1.82, 2.24) is 5.32 Å². The van der Waals surface area contributed by atoms with Crippen LogP contribution in [0.1, 0.15) is 85.5 Å². The van der Waals surface area contributed by atoms with Gasteiger partial charge in [-0.15, -0.1) is 0 Å². The molecule has 0 aliphatic carbocycles. The van der Waals surface area contributed by atoms with Crippen molar-refractivity contribution in [3.8, 4) is 0 Å². The van der Waals surface area contributed by atoms with Gasteiger partial charge >= 0.3 is 0 Å². The van der Waals surface area contributed by atoms with Crippen LogP contribution in [0, 0.1) is 5.92 Å². The fourth-order valence-electron chi connectivity index (χ4n) is 3.45. The largest absolute Gasteiger partial charge is 0.329 e. The first-order chi connectivity index (χ1) is 12.7. The van der Waals surface area contributed by atoms with Gasteiger partial charge in [0.1, 0.15) is 0 Å². The summed E-state index contributed by atoms with van der Waals surface area (Å²) in [5, 5.41) is 3.38. The van der Waals surface area contributed by atoms with E-state index in [9.17, 15) is 0 Å². The molecule has 0 aromatic rings. The Bertz CT molecular complexity index is 273. The highest BCUT2D eigenvalue weighted by Crippen LogP contribution is 2.34. The molecular weight excluding hydrogens is 328 g/mol. The van der Waals surface area contributed by atoms with Gasteiger partial charge in [-0.05, 0) is 46.6 Å². The van der Waals surface area contributed by atoms with Crippen LogP contribution in [0.4, 0.5) is 0 Å². The van der Waals surface area contributed by atoms with E-state index in [0.717, 1.165) is 32.4 Å². The van der Waals surface area contributed by atoms with Gasteiger partial charge in [0.25, 0.3) is 5.97 Å². The predicted molar refractivity (Wildman–Crippen MR) is 110 cm³/mol. The van der Waals surface area contributed by atoms with Crippen LogP contribution in [-0.4, -0.2) is 45.4 Å². The lowest BCUT2D eigenvalue weighted by atomic mass is 9.92. The number of nitrogens with one attached hydrogen (secondary N) is 1. The molecule has 0 fully saturated rings. The second kappa shape index (κ2) is 18.2. The number of rotatable bonds is 20. The minimum Gasteiger partial charge on any atom is -0.329 e. The third kappa shape index (κ3) is 11.5. The van der Waals surface area contributed by atoms with Crippen molar-refractivity contribution in [3.05, 3.63) is 0 Å². The number of hydrogen-bond donors (Lipinski definition) is 2. The Balaban J connectivity index is 4.74. The molecule has 0 aromatic heterocycles. The lowest BCUT2D eigenvalue weighted by Gasteiger charge is -2.39. The van der Waals surface area contributed by atoms with Crippen LogP contribution >= 0.6 is 0 Å². The molecular formula is C21H46N2O3. The highest BCUT2D eigenvalue weighted by molar-refractivity contribution is 4.73. The van der Waals surface area contributed by atoms with Crippen LogP contribution in [0.5, 0.6) is 0 Å². The summed E-state index contributed by atoms with van der Waals surface area (Å²) in [4.78, 5) is 0. The molecule has 0 radical (unpaired) electrons. The van der Waals surface area contributed by atoms with Gasteiger partial charge in [-0.25, -0.2) is 0 Å². The zero-order valence-corrected chi connectivity index (χ0v) is 18.0. The molecule has 3 N–H and O–H groups in total. The van der Waals surface area contributed by atoms with Gasteiger partial charge in [-0.1, -0.05) is 45.4 Å². The summed E-state index contributed by atoms with van der Waals surface area (Å²) < 4.78 is 18.2. The molecule has 0 amide bonds. The van der Waals surface area contributed by atoms with Gasteiger partial charge in [0.15, 0.2) is 0 Å². The van der Waals surface area contributed by atoms with E-state index in [0.29, 0.717) is 26.4 Å². The van der Waals surface area contributed by atoms with Gasteiger partial charge in [-0.2, -0.15) is 0 Å². The van der Waals surface area contributed by atoms with Crippen LogP contribution in [0.2, 0.25) is 0 Å². The van der Waals surface area contributed by atoms with Crippen LogP contribution < -0.4 is 11.1 Å². The normalized spacial score (nSPS) is 13.3. The molecule has 0 aliphatic heterocycles. The van der Waals surface area contributed by atoms with Gasteiger partial charge in [0.05, 0.1) is 0 Å². The van der Waals surface area contributed by atoms with E-state index < -0.39 is 5.97 Å². The predicted octanol–water partition coefficient (Wildman–Crippen LogP) is 4.45. The Morgan fingerprint density at radius 3 is 1.81 bits per heavy atom. The fraction of sp³-hybridized carbons (Fsp3) is 1.00. The van der Waals surface area contributed by atoms with E-state index >= 15 is 0 Å². The monoisotopic (exact) mass is 374 g/mol. The molecule has 0 saturated carbocycles. The molecule has 0 saturated heterocycles. The van der Waals surface area contributed by atoms with Crippen LogP contribution in [0.3, 0.4) is 0 Å². The zero-order valence-electron chi connectivity index (χ0n) is 18.0. The Kier molecular flexibility index (Phi) is 18.0. The fourth-order valence-corrected chi connectivity index (χ4v) is 3.45. The Morgan fingerprint density at radius 1 is 0.731 bits per heavy atom. The van der Waals surface area contributed by atoms with Crippen molar-refractivity contribution in [1.29, 1.82) is 0 Å². The Morgan fingerprint density at radius 2 is 1.27 bits per heavy atom. The first-order valence-electron chi connectivity index (χ1n) is 11.0. The molecule has 1 atom stereocenters. The summed E-state index contributed by atoms with van der Waals surface area (Å²) in [7, 11) is 0. The first-order valence-corrected chi connectivity index (χ1v) is 11.0. The standard InChI is InChI=1S/C21H46N2O3/c1-5-9-10-11-12-13-15-20(16-14-18-23-19-17-22)21(24-6-2,25-7-3)26-8-4/h20,23H,5-19,22H2,1-4H3. The molecule has 5 nitrogen and oxygen atoms in total. The number of hydrogen-bond acceptors (Lipinski definition) is 5. The Hall–Kier alpha value is -0.200. The molecule has 0 spiro atoms.